The van der Waals surface area contributed by atoms with Gasteiger partial charge in [0.1, 0.15) is 11.6 Å². The molecule has 0 atom stereocenters. The van der Waals surface area contributed by atoms with E-state index >= 15 is 0 Å². The quantitative estimate of drug-likeness (QED) is 0.746. The van der Waals surface area contributed by atoms with Gasteiger partial charge in [0.05, 0.1) is 0 Å². The van der Waals surface area contributed by atoms with Crippen molar-refractivity contribution in [2.45, 2.75) is 19.8 Å². The number of ketones is 1. The van der Waals surface area contributed by atoms with Gasteiger partial charge in [-0.2, -0.15) is 0 Å². The van der Waals surface area contributed by atoms with Gasteiger partial charge in [-0.1, -0.05) is 0 Å². The fraction of sp³-hybridized carbons (Fsp3) is 0.385. The lowest BCUT2D eigenvalue weighted by molar-refractivity contribution is -0.120. The Hall–Kier alpha value is -1.71. The van der Waals surface area contributed by atoms with Crippen LogP contribution in [0.15, 0.2) is 18.2 Å². The SMILES string of the molecule is Cc1cc(F)cc(C(=O)N2CCC(=O)CC2)c1. The summed E-state index contributed by atoms with van der Waals surface area (Å²) >= 11 is 0. The molecule has 3 nitrogen and oxygen atoms in total. The second-order valence-electron chi connectivity index (χ2n) is 4.35. The fourth-order valence-corrected chi connectivity index (χ4v) is 2.00. The Labute approximate surface area is 99.2 Å². The maximum absolute atomic E-state index is 13.2. The lowest BCUT2D eigenvalue weighted by atomic mass is 10.1. The molecule has 0 aromatic heterocycles. The van der Waals surface area contributed by atoms with E-state index in [0.717, 1.165) is 5.56 Å². The number of aryl methyl sites for hydroxylation is 1. The first kappa shape index (κ1) is 11.8. The van der Waals surface area contributed by atoms with Crippen molar-refractivity contribution in [2.75, 3.05) is 13.1 Å². The minimum absolute atomic E-state index is 0.185. The summed E-state index contributed by atoms with van der Waals surface area (Å²) in [6, 6.07) is 4.30. The van der Waals surface area contributed by atoms with Crippen molar-refractivity contribution < 1.29 is 14.0 Å². The van der Waals surface area contributed by atoms with Crippen molar-refractivity contribution in [2.24, 2.45) is 0 Å². The number of rotatable bonds is 1. The highest BCUT2D eigenvalue weighted by Gasteiger charge is 2.22. The number of halogens is 1. The van der Waals surface area contributed by atoms with Crippen molar-refractivity contribution in [3.8, 4) is 0 Å². The van der Waals surface area contributed by atoms with E-state index in [9.17, 15) is 14.0 Å². The van der Waals surface area contributed by atoms with Crippen LogP contribution < -0.4 is 0 Å². The molecular formula is C13H14FNO2. The lowest BCUT2D eigenvalue weighted by Crippen LogP contribution is -2.38. The Morgan fingerprint density at radius 3 is 2.47 bits per heavy atom. The second-order valence-corrected chi connectivity index (χ2v) is 4.35. The van der Waals surface area contributed by atoms with Crippen LogP contribution >= 0.6 is 0 Å². The first-order chi connectivity index (χ1) is 8.06. The second kappa shape index (κ2) is 4.65. The van der Waals surface area contributed by atoms with Crippen LogP contribution in [0.25, 0.3) is 0 Å². The molecule has 4 heteroatoms. The third-order valence-corrected chi connectivity index (χ3v) is 2.90. The molecule has 0 spiro atoms. The zero-order valence-corrected chi connectivity index (χ0v) is 9.70. The van der Waals surface area contributed by atoms with Gasteiger partial charge in [-0.15, -0.1) is 0 Å². The Balaban J connectivity index is 2.16. The van der Waals surface area contributed by atoms with Crippen LogP contribution in [0.2, 0.25) is 0 Å². The normalized spacial score (nSPS) is 16.1. The molecule has 2 rings (SSSR count). The van der Waals surface area contributed by atoms with E-state index in [0.29, 0.717) is 31.5 Å². The van der Waals surface area contributed by atoms with Crippen LogP contribution in [0.4, 0.5) is 4.39 Å². The van der Waals surface area contributed by atoms with Gasteiger partial charge in [-0.3, -0.25) is 9.59 Å². The van der Waals surface area contributed by atoms with E-state index in [4.69, 9.17) is 0 Å². The van der Waals surface area contributed by atoms with E-state index in [-0.39, 0.29) is 11.7 Å². The topological polar surface area (TPSA) is 37.4 Å². The van der Waals surface area contributed by atoms with Crippen LogP contribution in [0, 0.1) is 12.7 Å². The molecule has 1 fully saturated rings. The number of piperidine rings is 1. The molecule has 0 radical (unpaired) electrons. The fourth-order valence-electron chi connectivity index (χ4n) is 2.00. The molecule has 1 aliphatic rings. The molecular weight excluding hydrogens is 221 g/mol. The van der Waals surface area contributed by atoms with Gasteiger partial charge >= 0.3 is 0 Å². The van der Waals surface area contributed by atoms with E-state index in [1.807, 2.05) is 0 Å². The molecule has 1 aromatic rings. The highest BCUT2D eigenvalue weighted by Crippen LogP contribution is 2.14. The largest absolute Gasteiger partial charge is 0.338 e. The molecule has 1 aliphatic heterocycles. The highest BCUT2D eigenvalue weighted by molar-refractivity contribution is 5.95. The number of nitrogens with zero attached hydrogens (tertiary/aromatic N) is 1. The number of Topliss-reactive ketones (excluding diaryl/α,β-unsaturated/α-hetero) is 1. The molecule has 1 aromatic carbocycles. The first-order valence-corrected chi connectivity index (χ1v) is 5.64. The summed E-state index contributed by atoms with van der Waals surface area (Å²) in [5.41, 5.74) is 1.08. The van der Waals surface area contributed by atoms with Crippen LogP contribution in [0.3, 0.4) is 0 Å². The number of hydrogen-bond acceptors (Lipinski definition) is 2. The van der Waals surface area contributed by atoms with E-state index < -0.39 is 5.82 Å². The van der Waals surface area contributed by atoms with Crippen molar-refractivity contribution in [1.29, 1.82) is 0 Å². The van der Waals surface area contributed by atoms with Gasteiger partial charge in [0.15, 0.2) is 0 Å². The maximum Gasteiger partial charge on any atom is 0.253 e. The summed E-state index contributed by atoms with van der Waals surface area (Å²) < 4.78 is 13.2. The number of carbonyl (C=O) groups excluding carboxylic acids is 2. The Bertz CT molecular complexity index is 440. The molecule has 90 valence electrons. The molecule has 0 aliphatic carbocycles. The van der Waals surface area contributed by atoms with Crippen LogP contribution in [-0.2, 0) is 4.79 Å². The predicted molar refractivity (Wildman–Crippen MR) is 61.3 cm³/mol. The molecule has 0 N–H and O–H groups in total. The summed E-state index contributed by atoms with van der Waals surface area (Å²) in [6.07, 6.45) is 0.806. The molecule has 17 heavy (non-hydrogen) atoms. The summed E-state index contributed by atoms with van der Waals surface area (Å²) in [4.78, 5) is 24.7. The van der Waals surface area contributed by atoms with Crippen molar-refractivity contribution in [3.63, 3.8) is 0 Å². The smallest absolute Gasteiger partial charge is 0.253 e. The number of amides is 1. The standard InChI is InChI=1S/C13H14FNO2/c1-9-6-10(8-11(14)7-9)13(17)15-4-2-12(16)3-5-15/h6-8H,2-5H2,1H3. The Morgan fingerprint density at radius 2 is 1.88 bits per heavy atom. The average Bonchev–Trinajstić information content (AvgIpc) is 2.28. The number of carbonyl (C=O) groups is 2. The number of hydrogen-bond donors (Lipinski definition) is 0. The van der Waals surface area contributed by atoms with Crippen LogP contribution in [-0.4, -0.2) is 29.7 Å². The molecule has 0 bridgehead atoms. The first-order valence-electron chi connectivity index (χ1n) is 5.64. The number of benzene rings is 1. The molecule has 1 heterocycles. The summed E-state index contributed by atoms with van der Waals surface area (Å²) in [6.45, 7) is 2.63. The summed E-state index contributed by atoms with van der Waals surface area (Å²) in [7, 11) is 0. The zero-order chi connectivity index (χ0) is 12.4. The van der Waals surface area contributed by atoms with E-state index in [2.05, 4.69) is 0 Å². The maximum atomic E-state index is 13.2. The van der Waals surface area contributed by atoms with Crippen molar-refractivity contribution >= 4 is 11.7 Å². The van der Waals surface area contributed by atoms with Crippen molar-refractivity contribution in [1.82, 2.24) is 4.90 Å². The predicted octanol–water partition coefficient (Wildman–Crippen LogP) is 1.94. The van der Waals surface area contributed by atoms with Gasteiger partial charge in [0.2, 0.25) is 0 Å². The van der Waals surface area contributed by atoms with E-state index in [1.54, 1.807) is 17.9 Å². The Kier molecular flexibility index (Phi) is 3.22. The van der Waals surface area contributed by atoms with Gasteiger partial charge in [-0.05, 0) is 30.7 Å². The number of likely N-dealkylation sites (tertiary alicyclic amines) is 1. The van der Waals surface area contributed by atoms with E-state index in [1.165, 1.54) is 12.1 Å². The zero-order valence-electron chi connectivity index (χ0n) is 9.70. The third kappa shape index (κ3) is 2.70. The minimum Gasteiger partial charge on any atom is -0.338 e. The third-order valence-electron chi connectivity index (χ3n) is 2.90. The Morgan fingerprint density at radius 1 is 1.24 bits per heavy atom. The van der Waals surface area contributed by atoms with Crippen LogP contribution in [0.5, 0.6) is 0 Å². The minimum atomic E-state index is -0.401. The average molecular weight is 235 g/mol. The molecule has 1 saturated heterocycles. The lowest BCUT2D eigenvalue weighted by Gasteiger charge is -2.26. The van der Waals surface area contributed by atoms with Gasteiger partial charge in [0.25, 0.3) is 5.91 Å². The summed E-state index contributed by atoms with van der Waals surface area (Å²) in [5.74, 6) is -0.411. The van der Waals surface area contributed by atoms with Crippen LogP contribution in [0.1, 0.15) is 28.8 Å². The van der Waals surface area contributed by atoms with Gasteiger partial charge < -0.3 is 4.90 Å². The van der Waals surface area contributed by atoms with Gasteiger partial charge in [-0.25, -0.2) is 4.39 Å². The van der Waals surface area contributed by atoms with Gasteiger partial charge in [0, 0.05) is 31.5 Å². The molecule has 0 unspecified atom stereocenters. The monoisotopic (exact) mass is 235 g/mol. The molecule has 0 saturated carbocycles. The highest BCUT2D eigenvalue weighted by atomic mass is 19.1. The molecule has 1 amide bonds. The van der Waals surface area contributed by atoms with Crippen molar-refractivity contribution in [3.05, 3.63) is 35.1 Å². The summed E-state index contributed by atoms with van der Waals surface area (Å²) in [5, 5.41) is 0.